The van der Waals surface area contributed by atoms with Gasteiger partial charge in [0.2, 0.25) is 5.91 Å². The zero-order chi connectivity index (χ0) is 12.9. The van der Waals surface area contributed by atoms with E-state index in [9.17, 15) is 4.79 Å². The molecule has 0 aliphatic heterocycles. The van der Waals surface area contributed by atoms with Crippen molar-refractivity contribution in [2.45, 2.75) is 46.2 Å². The van der Waals surface area contributed by atoms with E-state index in [-0.39, 0.29) is 17.4 Å². The molecule has 1 aromatic rings. The van der Waals surface area contributed by atoms with Crippen molar-refractivity contribution in [1.82, 2.24) is 15.3 Å². The van der Waals surface area contributed by atoms with Gasteiger partial charge in [0, 0.05) is 24.9 Å². The van der Waals surface area contributed by atoms with E-state index in [0.29, 0.717) is 13.0 Å². The normalized spacial score (nSPS) is 13.4. The van der Waals surface area contributed by atoms with Gasteiger partial charge in [0.05, 0.1) is 6.54 Å². The Balaban J connectivity index is 2.25. The summed E-state index contributed by atoms with van der Waals surface area (Å²) in [6.45, 7) is 6.78. The molecule has 0 aromatic carbocycles. The average molecular weight is 238 g/mol. The molecule has 0 saturated carbocycles. The molecule has 0 saturated heterocycles. The van der Waals surface area contributed by atoms with E-state index in [1.54, 1.807) is 12.4 Å². The van der Waals surface area contributed by atoms with Crippen molar-refractivity contribution in [3.63, 3.8) is 0 Å². The average Bonchev–Trinajstić information content (AvgIpc) is 2.63. The van der Waals surface area contributed by atoms with Gasteiger partial charge in [-0.05, 0) is 11.8 Å². The number of imidazole rings is 1. The standard InChI is InChI=1S/C12H22N4O/c1-12(2,3)7-9(13)6-11(17)16-8-10-14-4-5-15-10/h4-5,9H,6-8,13H2,1-3H3,(H,14,15)(H,16,17). The zero-order valence-electron chi connectivity index (χ0n) is 10.8. The van der Waals surface area contributed by atoms with E-state index < -0.39 is 0 Å². The van der Waals surface area contributed by atoms with Gasteiger partial charge < -0.3 is 16.0 Å². The molecule has 1 atom stereocenters. The van der Waals surface area contributed by atoms with Crippen LogP contribution >= 0.6 is 0 Å². The monoisotopic (exact) mass is 238 g/mol. The van der Waals surface area contributed by atoms with Gasteiger partial charge in [0.15, 0.2) is 0 Å². The number of aromatic amines is 1. The van der Waals surface area contributed by atoms with Gasteiger partial charge in [-0.15, -0.1) is 0 Å². The second-order valence-corrected chi connectivity index (χ2v) is 5.54. The molecule has 17 heavy (non-hydrogen) atoms. The molecule has 1 unspecified atom stereocenters. The fraction of sp³-hybridized carbons (Fsp3) is 0.667. The van der Waals surface area contributed by atoms with E-state index in [4.69, 9.17) is 5.73 Å². The maximum atomic E-state index is 11.6. The lowest BCUT2D eigenvalue weighted by Gasteiger charge is -2.22. The van der Waals surface area contributed by atoms with E-state index in [2.05, 4.69) is 36.1 Å². The Kier molecular flexibility index (Phi) is 4.69. The smallest absolute Gasteiger partial charge is 0.221 e. The highest BCUT2D eigenvalue weighted by atomic mass is 16.1. The Hall–Kier alpha value is -1.36. The van der Waals surface area contributed by atoms with Crippen LogP contribution in [0.4, 0.5) is 0 Å². The highest BCUT2D eigenvalue weighted by Gasteiger charge is 2.17. The van der Waals surface area contributed by atoms with Crippen LogP contribution in [0.25, 0.3) is 0 Å². The molecular formula is C12H22N4O. The number of carbonyl (C=O) groups is 1. The van der Waals surface area contributed by atoms with Crippen molar-refractivity contribution >= 4 is 5.91 Å². The molecule has 0 spiro atoms. The fourth-order valence-corrected chi connectivity index (χ4v) is 1.75. The lowest BCUT2D eigenvalue weighted by atomic mass is 9.87. The first-order valence-corrected chi connectivity index (χ1v) is 5.87. The van der Waals surface area contributed by atoms with Crippen LogP contribution in [-0.4, -0.2) is 21.9 Å². The van der Waals surface area contributed by atoms with Crippen molar-refractivity contribution in [3.05, 3.63) is 18.2 Å². The maximum absolute atomic E-state index is 11.6. The largest absolute Gasteiger partial charge is 0.349 e. The minimum absolute atomic E-state index is 0.0295. The number of rotatable bonds is 5. The van der Waals surface area contributed by atoms with E-state index in [0.717, 1.165) is 12.2 Å². The van der Waals surface area contributed by atoms with Crippen molar-refractivity contribution in [1.29, 1.82) is 0 Å². The number of aromatic nitrogens is 2. The number of H-pyrrole nitrogens is 1. The van der Waals surface area contributed by atoms with Gasteiger partial charge in [-0.1, -0.05) is 20.8 Å². The SMILES string of the molecule is CC(C)(C)CC(N)CC(=O)NCc1ncc[nH]1. The first kappa shape index (κ1) is 13.7. The molecule has 0 bridgehead atoms. The van der Waals surface area contributed by atoms with Crippen LogP contribution in [0.2, 0.25) is 0 Å². The van der Waals surface area contributed by atoms with Crippen molar-refractivity contribution in [2.24, 2.45) is 11.1 Å². The fourth-order valence-electron chi connectivity index (χ4n) is 1.75. The second kappa shape index (κ2) is 5.82. The van der Waals surface area contributed by atoms with Crippen LogP contribution in [-0.2, 0) is 11.3 Å². The summed E-state index contributed by atoms with van der Waals surface area (Å²) in [5, 5.41) is 2.79. The molecule has 96 valence electrons. The summed E-state index contributed by atoms with van der Waals surface area (Å²) >= 11 is 0. The second-order valence-electron chi connectivity index (χ2n) is 5.54. The van der Waals surface area contributed by atoms with Gasteiger partial charge in [0.25, 0.3) is 0 Å². The predicted molar refractivity (Wildman–Crippen MR) is 67.1 cm³/mol. The van der Waals surface area contributed by atoms with Gasteiger partial charge in [0.1, 0.15) is 5.82 Å². The summed E-state index contributed by atoms with van der Waals surface area (Å²) in [7, 11) is 0. The van der Waals surface area contributed by atoms with E-state index >= 15 is 0 Å². The lowest BCUT2D eigenvalue weighted by molar-refractivity contribution is -0.121. The van der Waals surface area contributed by atoms with Gasteiger partial charge in [-0.25, -0.2) is 4.98 Å². The predicted octanol–water partition coefficient (Wildman–Crippen LogP) is 1.18. The molecule has 1 heterocycles. The van der Waals surface area contributed by atoms with Crippen LogP contribution in [0.5, 0.6) is 0 Å². The van der Waals surface area contributed by atoms with Gasteiger partial charge in [-0.2, -0.15) is 0 Å². The molecular weight excluding hydrogens is 216 g/mol. The Morgan fingerprint density at radius 3 is 2.82 bits per heavy atom. The first-order chi connectivity index (χ1) is 7.87. The Morgan fingerprint density at radius 2 is 2.29 bits per heavy atom. The van der Waals surface area contributed by atoms with Crippen molar-refractivity contribution in [3.8, 4) is 0 Å². The minimum Gasteiger partial charge on any atom is -0.349 e. The minimum atomic E-state index is -0.0911. The number of hydrogen-bond donors (Lipinski definition) is 3. The summed E-state index contributed by atoms with van der Waals surface area (Å²) in [5.41, 5.74) is 6.08. The summed E-state index contributed by atoms with van der Waals surface area (Å²) < 4.78 is 0. The molecule has 0 aliphatic rings. The number of amides is 1. The molecule has 5 heteroatoms. The molecule has 4 N–H and O–H groups in total. The van der Waals surface area contributed by atoms with Crippen LogP contribution < -0.4 is 11.1 Å². The number of nitrogens with one attached hydrogen (secondary N) is 2. The summed E-state index contributed by atoms with van der Waals surface area (Å²) in [4.78, 5) is 18.6. The molecule has 1 amide bonds. The van der Waals surface area contributed by atoms with Crippen LogP contribution in [0.3, 0.4) is 0 Å². The number of nitrogens with zero attached hydrogens (tertiary/aromatic N) is 1. The van der Waals surface area contributed by atoms with E-state index in [1.165, 1.54) is 0 Å². The Labute approximate surface area is 102 Å². The summed E-state index contributed by atoms with van der Waals surface area (Å²) in [6.07, 6.45) is 4.58. The first-order valence-electron chi connectivity index (χ1n) is 5.87. The quantitative estimate of drug-likeness (QED) is 0.720. The summed E-state index contributed by atoms with van der Waals surface area (Å²) in [5.74, 6) is 0.723. The third kappa shape index (κ3) is 6.06. The number of carbonyl (C=O) groups excluding carboxylic acids is 1. The Bertz CT molecular complexity index is 340. The third-order valence-electron chi connectivity index (χ3n) is 2.33. The van der Waals surface area contributed by atoms with Gasteiger partial charge >= 0.3 is 0 Å². The van der Waals surface area contributed by atoms with Gasteiger partial charge in [-0.3, -0.25) is 4.79 Å². The molecule has 0 radical (unpaired) electrons. The maximum Gasteiger partial charge on any atom is 0.221 e. The highest BCUT2D eigenvalue weighted by Crippen LogP contribution is 2.20. The molecule has 0 fully saturated rings. The molecule has 0 aliphatic carbocycles. The third-order valence-corrected chi connectivity index (χ3v) is 2.33. The molecule has 5 nitrogen and oxygen atoms in total. The number of nitrogens with two attached hydrogens (primary N) is 1. The van der Waals surface area contributed by atoms with Crippen LogP contribution in [0.1, 0.15) is 39.4 Å². The zero-order valence-corrected chi connectivity index (χ0v) is 10.8. The van der Waals surface area contributed by atoms with Crippen LogP contribution in [0, 0.1) is 5.41 Å². The highest BCUT2D eigenvalue weighted by molar-refractivity contribution is 5.76. The lowest BCUT2D eigenvalue weighted by Crippen LogP contribution is -2.34. The Morgan fingerprint density at radius 1 is 1.59 bits per heavy atom. The van der Waals surface area contributed by atoms with Crippen molar-refractivity contribution < 1.29 is 4.79 Å². The van der Waals surface area contributed by atoms with Crippen molar-refractivity contribution in [2.75, 3.05) is 0 Å². The number of hydrogen-bond acceptors (Lipinski definition) is 3. The molecule has 1 aromatic heterocycles. The topological polar surface area (TPSA) is 83.8 Å². The summed E-state index contributed by atoms with van der Waals surface area (Å²) in [6, 6.07) is -0.0911. The molecule has 1 rings (SSSR count). The van der Waals surface area contributed by atoms with E-state index in [1.807, 2.05) is 0 Å². The van der Waals surface area contributed by atoms with Crippen LogP contribution in [0.15, 0.2) is 12.4 Å².